The van der Waals surface area contributed by atoms with Crippen LogP contribution >= 0.6 is 0 Å². The molecule has 2 heterocycles. The van der Waals surface area contributed by atoms with E-state index in [1.54, 1.807) is 0 Å². The second-order valence-electron chi connectivity index (χ2n) is 5.92. The van der Waals surface area contributed by atoms with Gasteiger partial charge in [0.2, 0.25) is 0 Å². The van der Waals surface area contributed by atoms with E-state index >= 15 is 0 Å². The van der Waals surface area contributed by atoms with Crippen molar-refractivity contribution in [3.63, 3.8) is 0 Å². The minimum absolute atomic E-state index is 0.112. The fourth-order valence-corrected chi connectivity index (χ4v) is 2.61. The molecule has 0 bridgehead atoms. The van der Waals surface area contributed by atoms with Crippen LogP contribution in [0.2, 0.25) is 0 Å². The van der Waals surface area contributed by atoms with E-state index in [9.17, 15) is 9.90 Å². The average molecular weight is 236 g/mol. The van der Waals surface area contributed by atoms with Gasteiger partial charge in [0.25, 0.3) is 0 Å². The molecule has 0 saturated carbocycles. The van der Waals surface area contributed by atoms with Crippen molar-refractivity contribution < 1.29 is 9.90 Å². The zero-order valence-electron chi connectivity index (χ0n) is 10.9. The summed E-state index contributed by atoms with van der Waals surface area (Å²) in [4.78, 5) is 15.7. The van der Waals surface area contributed by atoms with Crippen LogP contribution in [0, 0.1) is 0 Å². The lowest BCUT2D eigenvalue weighted by Gasteiger charge is -2.26. The largest absolute Gasteiger partial charge is 0.476 e. The van der Waals surface area contributed by atoms with E-state index < -0.39 is 5.97 Å². The molecule has 94 valence electrons. The Bertz CT molecular complexity index is 455. The normalized spacial score (nSPS) is 20.1. The Kier molecular flexibility index (Phi) is 2.76. The summed E-state index contributed by atoms with van der Waals surface area (Å²) in [6.45, 7) is 9.21. The van der Waals surface area contributed by atoms with Crippen LogP contribution in [0.3, 0.4) is 0 Å². The first-order valence-corrected chi connectivity index (χ1v) is 6.16. The highest BCUT2D eigenvalue weighted by Crippen LogP contribution is 2.34. The first-order valence-electron chi connectivity index (χ1n) is 6.16. The molecule has 0 aliphatic carbocycles. The molecule has 0 aromatic carbocycles. The molecule has 1 unspecified atom stereocenters. The molecule has 0 amide bonds. The van der Waals surface area contributed by atoms with Crippen molar-refractivity contribution in [1.82, 2.24) is 9.55 Å². The number of imidazole rings is 1. The van der Waals surface area contributed by atoms with Gasteiger partial charge in [-0.1, -0.05) is 27.7 Å². The summed E-state index contributed by atoms with van der Waals surface area (Å²) in [5, 5.41) is 9.26. The Balaban J connectivity index is 2.65. The third-order valence-electron chi connectivity index (χ3n) is 3.37. The first-order chi connectivity index (χ1) is 7.82. The maximum atomic E-state index is 11.3. The second kappa shape index (κ2) is 3.86. The summed E-state index contributed by atoms with van der Waals surface area (Å²) < 4.78 is 2.12. The maximum absolute atomic E-state index is 11.3. The van der Waals surface area contributed by atoms with Crippen LogP contribution in [-0.2, 0) is 12.0 Å². The average Bonchev–Trinajstić information content (AvgIpc) is 2.57. The van der Waals surface area contributed by atoms with Gasteiger partial charge < -0.3 is 9.67 Å². The molecular weight excluding hydrogens is 216 g/mol. The Morgan fingerprint density at radius 1 is 1.47 bits per heavy atom. The van der Waals surface area contributed by atoms with E-state index in [4.69, 9.17) is 0 Å². The highest BCUT2D eigenvalue weighted by molar-refractivity contribution is 5.87. The highest BCUT2D eigenvalue weighted by atomic mass is 16.4. The Morgan fingerprint density at radius 2 is 2.12 bits per heavy atom. The number of carboxylic acids is 1. The third-order valence-corrected chi connectivity index (χ3v) is 3.37. The predicted octanol–water partition coefficient (Wildman–Crippen LogP) is 2.78. The van der Waals surface area contributed by atoms with E-state index in [1.807, 2.05) is 0 Å². The molecule has 1 atom stereocenters. The number of nitrogens with zero attached hydrogens (tertiary/aromatic N) is 2. The van der Waals surface area contributed by atoms with Gasteiger partial charge in [0, 0.05) is 12.0 Å². The van der Waals surface area contributed by atoms with Gasteiger partial charge in [0.05, 0.1) is 5.69 Å². The maximum Gasteiger partial charge on any atom is 0.356 e. The van der Waals surface area contributed by atoms with Crippen molar-refractivity contribution in [2.45, 2.75) is 58.4 Å². The van der Waals surface area contributed by atoms with Crippen LogP contribution < -0.4 is 0 Å². The molecule has 4 heteroatoms. The van der Waals surface area contributed by atoms with Gasteiger partial charge in [-0.3, -0.25) is 0 Å². The molecule has 0 radical (unpaired) electrons. The number of fused-ring (bicyclic) bond motifs is 1. The van der Waals surface area contributed by atoms with Gasteiger partial charge in [0.1, 0.15) is 5.82 Å². The summed E-state index contributed by atoms with van der Waals surface area (Å²) in [6.07, 6.45) is 2.15. The molecule has 0 fully saturated rings. The molecule has 1 aliphatic heterocycles. The number of hydrogen-bond acceptors (Lipinski definition) is 2. The molecule has 0 spiro atoms. The van der Waals surface area contributed by atoms with E-state index in [2.05, 4.69) is 37.2 Å². The number of carboxylic acid groups (broad SMARTS) is 1. The van der Waals surface area contributed by atoms with Crippen molar-refractivity contribution in [1.29, 1.82) is 0 Å². The van der Waals surface area contributed by atoms with Crippen molar-refractivity contribution in [2.75, 3.05) is 0 Å². The molecule has 17 heavy (non-hydrogen) atoms. The number of carbonyl (C=O) groups is 1. The van der Waals surface area contributed by atoms with Crippen molar-refractivity contribution in [2.24, 2.45) is 0 Å². The van der Waals surface area contributed by atoms with Crippen LogP contribution in [0.5, 0.6) is 0 Å². The zero-order chi connectivity index (χ0) is 12.8. The van der Waals surface area contributed by atoms with Crippen LogP contribution in [0.1, 0.15) is 68.5 Å². The van der Waals surface area contributed by atoms with Gasteiger partial charge >= 0.3 is 5.97 Å². The first kappa shape index (κ1) is 12.1. The van der Waals surface area contributed by atoms with Crippen molar-refractivity contribution >= 4 is 5.97 Å². The monoisotopic (exact) mass is 236 g/mol. The van der Waals surface area contributed by atoms with E-state index in [0.717, 1.165) is 30.9 Å². The fraction of sp³-hybridized carbons (Fsp3) is 0.692. The molecule has 4 nitrogen and oxygen atoms in total. The topological polar surface area (TPSA) is 55.1 Å². The van der Waals surface area contributed by atoms with Crippen LogP contribution in [0.4, 0.5) is 0 Å². The summed E-state index contributed by atoms with van der Waals surface area (Å²) in [5.41, 5.74) is 1.05. The Labute approximate surface area is 102 Å². The Morgan fingerprint density at radius 3 is 2.65 bits per heavy atom. The van der Waals surface area contributed by atoms with Crippen LogP contribution in [0.15, 0.2) is 0 Å². The van der Waals surface area contributed by atoms with Gasteiger partial charge in [-0.2, -0.15) is 0 Å². The lowest BCUT2D eigenvalue weighted by atomic mass is 9.93. The molecule has 1 aromatic heterocycles. The van der Waals surface area contributed by atoms with Crippen LogP contribution in [0.25, 0.3) is 0 Å². The summed E-state index contributed by atoms with van der Waals surface area (Å²) in [7, 11) is 0. The molecule has 0 saturated heterocycles. The van der Waals surface area contributed by atoms with E-state index in [-0.39, 0.29) is 11.1 Å². The smallest absolute Gasteiger partial charge is 0.356 e. The van der Waals surface area contributed by atoms with Crippen molar-refractivity contribution in [3.8, 4) is 0 Å². The summed E-state index contributed by atoms with van der Waals surface area (Å²) in [6, 6.07) is 0. The van der Waals surface area contributed by atoms with E-state index in [0.29, 0.717) is 5.92 Å². The van der Waals surface area contributed by atoms with Crippen LogP contribution in [-0.4, -0.2) is 20.6 Å². The minimum Gasteiger partial charge on any atom is -0.476 e. The van der Waals surface area contributed by atoms with E-state index in [1.165, 1.54) is 0 Å². The lowest BCUT2D eigenvalue weighted by Crippen LogP contribution is -2.23. The lowest BCUT2D eigenvalue weighted by molar-refractivity contribution is 0.0688. The Hall–Kier alpha value is -1.32. The molecule has 2 rings (SSSR count). The SMILES string of the molecule is CC1CCCn2c(C(C)(C)C)nc(C(=O)O)c21. The number of hydrogen-bond donors (Lipinski definition) is 1. The third kappa shape index (κ3) is 1.96. The molecule has 1 aromatic rings. The second-order valence-corrected chi connectivity index (χ2v) is 5.92. The van der Waals surface area contributed by atoms with Crippen molar-refractivity contribution in [3.05, 3.63) is 17.2 Å². The molecule has 1 aliphatic rings. The molecular formula is C13H20N2O2. The fourth-order valence-electron chi connectivity index (χ4n) is 2.61. The predicted molar refractivity (Wildman–Crippen MR) is 65.5 cm³/mol. The number of rotatable bonds is 1. The standard InChI is InChI=1S/C13H20N2O2/c1-8-6-5-7-15-10(8)9(11(16)17)14-12(15)13(2,3)4/h8H,5-7H2,1-4H3,(H,16,17). The summed E-state index contributed by atoms with van der Waals surface area (Å²) in [5.74, 6) is 0.285. The zero-order valence-corrected chi connectivity index (χ0v) is 10.9. The van der Waals surface area contributed by atoms with Gasteiger partial charge in [-0.25, -0.2) is 9.78 Å². The number of aromatic carboxylic acids is 1. The highest BCUT2D eigenvalue weighted by Gasteiger charge is 2.32. The quantitative estimate of drug-likeness (QED) is 0.815. The number of aromatic nitrogens is 2. The van der Waals surface area contributed by atoms with Gasteiger partial charge in [-0.15, -0.1) is 0 Å². The van der Waals surface area contributed by atoms with Gasteiger partial charge in [-0.05, 0) is 18.8 Å². The molecule has 1 N–H and O–H groups in total. The van der Waals surface area contributed by atoms with Gasteiger partial charge in [0.15, 0.2) is 5.69 Å². The minimum atomic E-state index is -0.905. The summed E-state index contributed by atoms with van der Waals surface area (Å²) >= 11 is 0.